The van der Waals surface area contributed by atoms with Crippen LogP contribution in [0.4, 0.5) is 0 Å². The molecular formula is C25H42O3. The van der Waals surface area contributed by atoms with Gasteiger partial charge in [0, 0.05) is 6.42 Å². The van der Waals surface area contributed by atoms with E-state index in [1.54, 1.807) is 0 Å². The number of hydrogen-bond donors (Lipinski definition) is 2. The third kappa shape index (κ3) is 2.89. The summed E-state index contributed by atoms with van der Waals surface area (Å²) in [6, 6.07) is 0. The minimum absolute atomic E-state index is 0.149. The van der Waals surface area contributed by atoms with Crippen molar-refractivity contribution in [1.82, 2.24) is 0 Å². The van der Waals surface area contributed by atoms with E-state index in [2.05, 4.69) is 27.7 Å². The zero-order valence-electron chi connectivity index (χ0n) is 18.5. The van der Waals surface area contributed by atoms with Gasteiger partial charge in [0.2, 0.25) is 0 Å². The van der Waals surface area contributed by atoms with E-state index in [4.69, 9.17) is 0 Å². The van der Waals surface area contributed by atoms with E-state index in [1.807, 2.05) is 0 Å². The van der Waals surface area contributed by atoms with Crippen LogP contribution in [0.25, 0.3) is 0 Å². The van der Waals surface area contributed by atoms with E-state index in [0.29, 0.717) is 47.3 Å². The highest BCUT2D eigenvalue weighted by atomic mass is 16.4. The summed E-state index contributed by atoms with van der Waals surface area (Å²) in [5.41, 5.74) is 0.627. The molecule has 0 aliphatic heterocycles. The van der Waals surface area contributed by atoms with Crippen molar-refractivity contribution in [3.05, 3.63) is 0 Å². The molecule has 4 rings (SSSR count). The Balaban J connectivity index is 1.66. The number of aliphatic carboxylic acids is 1. The van der Waals surface area contributed by atoms with Crippen LogP contribution in [0.15, 0.2) is 0 Å². The van der Waals surface area contributed by atoms with Gasteiger partial charge in [-0.3, -0.25) is 4.79 Å². The number of carbonyl (C=O) groups is 1. The second kappa shape index (κ2) is 7.29. The van der Waals surface area contributed by atoms with E-state index in [1.165, 1.54) is 44.9 Å². The van der Waals surface area contributed by atoms with Gasteiger partial charge in [-0.1, -0.05) is 47.0 Å². The van der Waals surface area contributed by atoms with Gasteiger partial charge < -0.3 is 10.2 Å². The van der Waals surface area contributed by atoms with Crippen LogP contribution < -0.4 is 0 Å². The summed E-state index contributed by atoms with van der Waals surface area (Å²) in [5, 5.41) is 21.0. The number of rotatable bonds is 4. The predicted octanol–water partition coefficient (Wildman–Crippen LogP) is 5.75. The fourth-order valence-corrected chi connectivity index (χ4v) is 9.43. The summed E-state index contributed by atoms with van der Waals surface area (Å²) in [7, 11) is 0. The third-order valence-electron chi connectivity index (χ3n) is 10.6. The standard InChI is InChI=1S/C25H42O3/c1-5-16-18-8-6-7-12-24(18,3)20-11-13-25(4)17(15(2)14-21(26)27)9-10-19(25)22(20)23(16)28/h15-20,22-23,28H,5-14H2,1-4H3,(H,26,27)/t15-,16-,17-,18+,19+,20+,22+,23-,24+,25-/m1/s1. The van der Waals surface area contributed by atoms with Crippen molar-refractivity contribution in [2.75, 3.05) is 0 Å². The van der Waals surface area contributed by atoms with E-state index < -0.39 is 5.97 Å². The molecule has 0 heterocycles. The molecule has 0 unspecified atom stereocenters. The highest BCUT2D eigenvalue weighted by molar-refractivity contribution is 5.67. The largest absolute Gasteiger partial charge is 0.481 e. The van der Waals surface area contributed by atoms with Gasteiger partial charge in [0.15, 0.2) is 0 Å². The predicted molar refractivity (Wildman–Crippen MR) is 112 cm³/mol. The second-order valence-electron chi connectivity index (χ2n) is 11.5. The Labute approximate surface area is 171 Å². The van der Waals surface area contributed by atoms with E-state index in [0.717, 1.165) is 12.8 Å². The van der Waals surface area contributed by atoms with Crippen molar-refractivity contribution in [1.29, 1.82) is 0 Å². The summed E-state index contributed by atoms with van der Waals surface area (Å²) < 4.78 is 0. The third-order valence-corrected chi connectivity index (χ3v) is 10.6. The maximum atomic E-state index is 11.7. The number of carboxylic acid groups (broad SMARTS) is 1. The van der Waals surface area contributed by atoms with Crippen LogP contribution >= 0.6 is 0 Å². The van der Waals surface area contributed by atoms with Crippen molar-refractivity contribution in [2.24, 2.45) is 52.3 Å². The minimum atomic E-state index is -0.658. The molecule has 0 radical (unpaired) electrons. The summed E-state index contributed by atoms with van der Waals surface area (Å²) in [6.45, 7) is 9.47. The first-order valence-electron chi connectivity index (χ1n) is 12.1. The first-order valence-corrected chi connectivity index (χ1v) is 12.1. The Morgan fingerprint density at radius 1 is 1.00 bits per heavy atom. The Morgan fingerprint density at radius 3 is 2.39 bits per heavy atom. The molecule has 4 aliphatic carbocycles. The summed E-state index contributed by atoms with van der Waals surface area (Å²) in [6.07, 6.45) is 11.5. The summed E-state index contributed by atoms with van der Waals surface area (Å²) in [5.74, 6) is 2.93. The van der Waals surface area contributed by atoms with Crippen molar-refractivity contribution >= 4 is 5.97 Å². The number of aliphatic hydroxyl groups excluding tert-OH is 1. The van der Waals surface area contributed by atoms with E-state index in [-0.39, 0.29) is 17.4 Å². The monoisotopic (exact) mass is 390 g/mol. The Kier molecular flexibility index (Phi) is 5.39. The Morgan fingerprint density at radius 2 is 1.71 bits per heavy atom. The van der Waals surface area contributed by atoms with Gasteiger partial charge in [0.05, 0.1) is 6.10 Å². The minimum Gasteiger partial charge on any atom is -0.481 e. The molecular weight excluding hydrogens is 348 g/mol. The molecule has 0 amide bonds. The maximum absolute atomic E-state index is 11.7. The van der Waals surface area contributed by atoms with Gasteiger partial charge in [-0.15, -0.1) is 0 Å². The topological polar surface area (TPSA) is 57.5 Å². The molecule has 160 valence electrons. The normalized spacial score (nSPS) is 51.7. The fraction of sp³-hybridized carbons (Fsp3) is 0.960. The molecule has 4 fully saturated rings. The van der Waals surface area contributed by atoms with Crippen LogP contribution in [-0.2, 0) is 4.79 Å². The van der Waals surface area contributed by atoms with Crippen LogP contribution in [0.2, 0.25) is 0 Å². The highest BCUT2D eigenvalue weighted by Crippen LogP contribution is 2.69. The number of hydrogen-bond acceptors (Lipinski definition) is 2. The summed E-state index contributed by atoms with van der Waals surface area (Å²) >= 11 is 0. The fourth-order valence-electron chi connectivity index (χ4n) is 9.43. The first-order chi connectivity index (χ1) is 13.2. The van der Waals surface area contributed by atoms with Gasteiger partial charge in [0.25, 0.3) is 0 Å². The SMILES string of the molecule is CC[C@H]1[C@@H](O)[C@@H]2[C@H](CC[C@]3(C)[C@@H]([C@H](C)CC(=O)O)CC[C@@H]23)[C@@]2(C)CCCC[C@@H]12. The Hall–Kier alpha value is -0.570. The molecule has 0 spiro atoms. The summed E-state index contributed by atoms with van der Waals surface area (Å²) in [4.78, 5) is 11.4. The van der Waals surface area contributed by atoms with E-state index in [9.17, 15) is 15.0 Å². The first kappa shape index (κ1) is 20.7. The lowest BCUT2D eigenvalue weighted by Crippen LogP contribution is -2.61. The maximum Gasteiger partial charge on any atom is 0.303 e. The molecule has 2 N–H and O–H groups in total. The number of fused-ring (bicyclic) bond motifs is 5. The average molecular weight is 391 g/mol. The molecule has 3 nitrogen and oxygen atoms in total. The smallest absolute Gasteiger partial charge is 0.303 e. The molecule has 3 heteroatoms. The van der Waals surface area contributed by atoms with Gasteiger partial charge in [-0.25, -0.2) is 0 Å². The van der Waals surface area contributed by atoms with Crippen molar-refractivity contribution in [3.63, 3.8) is 0 Å². The molecule has 28 heavy (non-hydrogen) atoms. The van der Waals surface area contributed by atoms with Gasteiger partial charge >= 0.3 is 5.97 Å². The van der Waals surface area contributed by atoms with Crippen molar-refractivity contribution < 1.29 is 15.0 Å². The van der Waals surface area contributed by atoms with Gasteiger partial charge in [0.1, 0.15) is 0 Å². The molecule has 4 aliphatic rings. The second-order valence-corrected chi connectivity index (χ2v) is 11.5. The lowest BCUT2D eigenvalue weighted by atomic mass is 9.41. The van der Waals surface area contributed by atoms with Gasteiger partial charge in [-0.2, -0.15) is 0 Å². The lowest BCUT2D eigenvalue weighted by molar-refractivity contribution is -0.194. The molecule has 0 aromatic heterocycles. The lowest BCUT2D eigenvalue weighted by Gasteiger charge is -2.64. The molecule has 4 saturated carbocycles. The van der Waals surface area contributed by atoms with Crippen molar-refractivity contribution in [2.45, 2.75) is 98.0 Å². The van der Waals surface area contributed by atoms with Crippen LogP contribution in [0.1, 0.15) is 91.9 Å². The molecule has 0 aromatic carbocycles. The van der Waals surface area contributed by atoms with Crippen LogP contribution in [-0.4, -0.2) is 22.3 Å². The average Bonchev–Trinajstić information content (AvgIpc) is 2.99. The molecule has 0 saturated heterocycles. The van der Waals surface area contributed by atoms with E-state index >= 15 is 0 Å². The van der Waals surface area contributed by atoms with Crippen LogP contribution in [0.3, 0.4) is 0 Å². The van der Waals surface area contributed by atoms with Crippen molar-refractivity contribution in [3.8, 4) is 0 Å². The van der Waals surface area contributed by atoms with Crippen LogP contribution in [0, 0.1) is 52.3 Å². The number of carboxylic acids is 1. The molecule has 10 atom stereocenters. The van der Waals surface area contributed by atoms with Gasteiger partial charge in [-0.05, 0) is 90.8 Å². The van der Waals surface area contributed by atoms with Crippen LogP contribution in [0.5, 0.6) is 0 Å². The number of aliphatic hydroxyl groups is 1. The zero-order valence-corrected chi connectivity index (χ0v) is 18.5. The quantitative estimate of drug-likeness (QED) is 0.642. The molecule has 0 bridgehead atoms. The highest BCUT2D eigenvalue weighted by Gasteiger charge is 2.64. The zero-order chi connectivity index (χ0) is 20.3. The Bertz CT molecular complexity index is 603. The molecule has 0 aromatic rings.